The zero-order chi connectivity index (χ0) is 24.2. The quantitative estimate of drug-likeness (QED) is 0.414. The van der Waals surface area contributed by atoms with Crippen molar-refractivity contribution >= 4 is 22.5 Å². The average Bonchev–Trinajstić information content (AvgIpc) is 3.24. The number of hydrogen-bond donors (Lipinski definition) is 1. The second kappa shape index (κ2) is 9.78. The van der Waals surface area contributed by atoms with E-state index in [1.807, 2.05) is 32.0 Å². The average molecular weight is 463 g/mol. The molecule has 176 valence electrons. The molecule has 4 rings (SSSR count). The molecule has 34 heavy (non-hydrogen) atoms. The van der Waals surface area contributed by atoms with Crippen LogP contribution in [0.4, 0.5) is 5.69 Å². The van der Waals surface area contributed by atoms with E-state index in [1.165, 1.54) is 4.68 Å². The molecule has 9 nitrogen and oxygen atoms in total. The Morgan fingerprint density at radius 3 is 2.56 bits per heavy atom. The van der Waals surface area contributed by atoms with Gasteiger partial charge in [-0.3, -0.25) is 9.59 Å². The summed E-state index contributed by atoms with van der Waals surface area (Å²) in [7, 11) is 1.59. The lowest BCUT2D eigenvalue weighted by atomic mass is 10.1. The van der Waals surface area contributed by atoms with Crippen molar-refractivity contribution in [2.75, 3.05) is 19.0 Å². The number of nitrogens with one attached hydrogen (secondary N) is 1. The minimum absolute atomic E-state index is 0.124. The number of methoxy groups -OCH3 is 1. The van der Waals surface area contributed by atoms with Gasteiger partial charge in [-0.15, -0.1) is 0 Å². The maximum absolute atomic E-state index is 13.3. The van der Waals surface area contributed by atoms with Crippen LogP contribution in [0.25, 0.3) is 22.2 Å². The molecule has 1 N–H and O–H groups in total. The number of hydrogen-bond acceptors (Lipinski definition) is 7. The highest BCUT2D eigenvalue weighted by molar-refractivity contribution is 5.96. The Kier molecular flexibility index (Phi) is 6.62. The number of anilines is 1. The molecule has 0 saturated carbocycles. The van der Waals surface area contributed by atoms with Gasteiger partial charge in [-0.25, -0.2) is 4.68 Å². The van der Waals surface area contributed by atoms with Crippen molar-refractivity contribution in [3.63, 3.8) is 0 Å². The smallest absolute Gasteiger partial charge is 0.297 e. The fourth-order valence-corrected chi connectivity index (χ4v) is 3.81. The molecule has 0 saturated heterocycles. The van der Waals surface area contributed by atoms with Gasteiger partial charge >= 0.3 is 0 Å². The zero-order valence-electron chi connectivity index (χ0n) is 19.5. The van der Waals surface area contributed by atoms with Gasteiger partial charge in [0.2, 0.25) is 5.91 Å². The third-order valence-electron chi connectivity index (χ3n) is 5.51. The molecular weight excluding hydrogens is 436 g/mol. The van der Waals surface area contributed by atoms with Crippen molar-refractivity contribution in [1.29, 1.82) is 0 Å². The standard InChI is InChI=1S/C25H26N4O5/c1-5-19(24(30)26-18-9-7-8-10-20(18)33-6-2)29-25(31)23-21(15(3)34-28-23)22(27-29)16-11-13-17(32-4)14-12-16/h7-14,19H,5-6H2,1-4H3,(H,26,30). The van der Waals surface area contributed by atoms with Crippen LogP contribution in [0.2, 0.25) is 0 Å². The number of para-hydroxylation sites is 2. The van der Waals surface area contributed by atoms with Crippen molar-refractivity contribution in [1.82, 2.24) is 14.9 Å². The molecule has 4 aromatic rings. The van der Waals surface area contributed by atoms with E-state index in [1.54, 1.807) is 44.4 Å². The first-order chi connectivity index (χ1) is 16.5. The molecule has 1 atom stereocenters. The second-order valence-corrected chi connectivity index (χ2v) is 7.63. The molecule has 0 bridgehead atoms. The first kappa shape index (κ1) is 23.0. The zero-order valence-corrected chi connectivity index (χ0v) is 19.5. The van der Waals surface area contributed by atoms with Crippen LogP contribution in [0.15, 0.2) is 57.8 Å². The van der Waals surface area contributed by atoms with Crippen LogP contribution in [0.1, 0.15) is 32.1 Å². The number of aryl methyl sites for hydroxylation is 1. The van der Waals surface area contributed by atoms with Crippen LogP contribution in [0, 0.1) is 6.92 Å². The van der Waals surface area contributed by atoms with Gasteiger partial charge < -0.3 is 19.3 Å². The van der Waals surface area contributed by atoms with E-state index in [4.69, 9.17) is 14.0 Å². The highest BCUT2D eigenvalue weighted by Crippen LogP contribution is 2.30. The summed E-state index contributed by atoms with van der Waals surface area (Å²) in [6.07, 6.45) is 0.333. The second-order valence-electron chi connectivity index (χ2n) is 7.63. The highest BCUT2D eigenvalue weighted by atomic mass is 16.5. The number of carbonyl (C=O) groups excluding carboxylic acids is 1. The molecule has 0 aliphatic carbocycles. The fourth-order valence-electron chi connectivity index (χ4n) is 3.81. The van der Waals surface area contributed by atoms with Crippen LogP contribution in [-0.2, 0) is 4.79 Å². The van der Waals surface area contributed by atoms with Crippen LogP contribution < -0.4 is 20.3 Å². The summed E-state index contributed by atoms with van der Waals surface area (Å²) >= 11 is 0. The molecular formula is C25H26N4O5. The molecule has 2 aromatic heterocycles. The summed E-state index contributed by atoms with van der Waals surface area (Å²) in [4.78, 5) is 26.6. The van der Waals surface area contributed by atoms with Gasteiger partial charge in [-0.2, -0.15) is 5.10 Å². The van der Waals surface area contributed by atoms with Crippen LogP contribution in [0.5, 0.6) is 11.5 Å². The summed E-state index contributed by atoms with van der Waals surface area (Å²) in [6.45, 7) is 5.87. The van der Waals surface area contributed by atoms with Crippen molar-refractivity contribution in [3.05, 3.63) is 64.6 Å². The number of rotatable bonds is 8. The lowest BCUT2D eigenvalue weighted by Gasteiger charge is -2.19. The monoisotopic (exact) mass is 462 g/mol. The van der Waals surface area contributed by atoms with Crippen molar-refractivity contribution in [3.8, 4) is 22.8 Å². The van der Waals surface area contributed by atoms with Gasteiger partial charge in [-0.1, -0.05) is 24.2 Å². The van der Waals surface area contributed by atoms with E-state index in [0.29, 0.717) is 47.1 Å². The van der Waals surface area contributed by atoms with Crippen LogP contribution >= 0.6 is 0 Å². The van der Waals surface area contributed by atoms with Crippen LogP contribution in [-0.4, -0.2) is 34.6 Å². The Morgan fingerprint density at radius 2 is 1.88 bits per heavy atom. The van der Waals surface area contributed by atoms with Crippen molar-refractivity contribution < 1.29 is 18.8 Å². The predicted octanol–water partition coefficient (Wildman–Crippen LogP) is 4.36. The maximum Gasteiger partial charge on any atom is 0.297 e. The fraction of sp³-hybridized carbons (Fsp3) is 0.280. The van der Waals surface area contributed by atoms with Gasteiger partial charge in [0.15, 0.2) is 5.52 Å². The third-order valence-corrected chi connectivity index (χ3v) is 5.51. The molecule has 9 heteroatoms. The van der Waals surface area contributed by atoms with Gasteiger partial charge in [0.1, 0.15) is 29.0 Å². The molecule has 0 fully saturated rings. The number of benzene rings is 2. The third kappa shape index (κ3) is 4.24. The highest BCUT2D eigenvalue weighted by Gasteiger charge is 2.27. The number of aromatic nitrogens is 3. The number of amides is 1. The Bertz CT molecular complexity index is 1370. The summed E-state index contributed by atoms with van der Waals surface area (Å²) in [5.41, 5.74) is 1.39. The van der Waals surface area contributed by atoms with Crippen molar-refractivity contribution in [2.45, 2.75) is 33.2 Å². The molecule has 1 unspecified atom stereocenters. The number of nitrogens with zero attached hydrogens (tertiary/aromatic N) is 3. The number of ether oxygens (including phenoxy) is 2. The molecule has 1 amide bonds. The SMILES string of the molecule is CCOc1ccccc1NC(=O)C(CC)n1nc(-c2ccc(OC)cc2)c2c(C)onc2c1=O. The first-order valence-corrected chi connectivity index (χ1v) is 11.0. The van der Waals surface area contributed by atoms with Crippen LogP contribution in [0.3, 0.4) is 0 Å². The lowest BCUT2D eigenvalue weighted by Crippen LogP contribution is -2.35. The molecule has 0 radical (unpaired) electrons. The van der Waals surface area contributed by atoms with Gasteiger partial charge in [0, 0.05) is 5.56 Å². The largest absolute Gasteiger partial charge is 0.497 e. The summed E-state index contributed by atoms with van der Waals surface area (Å²) in [6, 6.07) is 13.5. The summed E-state index contributed by atoms with van der Waals surface area (Å²) < 4.78 is 17.4. The van der Waals surface area contributed by atoms with Gasteiger partial charge in [0.25, 0.3) is 5.56 Å². The van der Waals surface area contributed by atoms with Gasteiger partial charge in [0.05, 0.1) is 24.8 Å². The summed E-state index contributed by atoms with van der Waals surface area (Å²) in [5.74, 6) is 1.33. The molecule has 0 aliphatic heterocycles. The van der Waals surface area contributed by atoms with E-state index in [-0.39, 0.29) is 11.4 Å². The predicted molar refractivity (Wildman–Crippen MR) is 128 cm³/mol. The lowest BCUT2D eigenvalue weighted by molar-refractivity contribution is -0.119. The molecule has 0 spiro atoms. The Hall–Kier alpha value is -4.14. The van der Waals surface area contributed by atoms with Gasteiger partial charge in [-0.05, 0) is 56.7 Å². The molecule has 0 aliphatic rings. The molecule has 2 heterocycles. The minimum Gasteiger partial charge on any atom is -0.497 e. The van der Waals surface area contributed by atoms with Crippen molar-refractivity contribution in [2.24, 2.45) is 0 Å². The maximum atomic E-state index is 13.3. The van der Waals surface area contributed by atoms with E-state index >= 15 is 0 Å². The Morgan fingerprint density at radius 1 is 1.15 bits per heavy atom. The Balaban J connectivity index is 1.80. The van der Waals surface area contributed by atoms with E-state index in [2.05, 4.69) is 15.6 Å². The number of carbonyl (C=O) groups is 1. The van der Waals surface area contributed by atoms with E-state index in [9.17, 15) is 9.59 Å². The normalized spacial score (nSPS) is 11.9. The number of fused-ring (bicyclic) bond motifs is 1. The van der Waals surface area contributed by atoms with E-state index < -0.39 is 11.6 Å². The summed E-state index contributed by atoms with van der Waals surface area (Å²) in [5, 5.41) is 12.0. The topological polar surface area (TPSA) is 108 Å². The minimum atomic E-state index is -0.874. The first-order valence-electron chi connectivity index (χ1n) is 11.0. The molecule has 2 aromatic carbocycles. The van der Waals surface area contributed by atoms with E-state index in [0.717, 1.165) is 5.56 Å². The Labute approximate surface area is 196 Å².